The van der Waals surface area contributed by atoms with Crippen molar-refractivity contribution in [2.75, 3.05) is 0 Å². The van der Waals surface area contributed by atoms with Gasteiger partial charge in [0.25, 0.3) is 0 Å². The lowest BCUT2D eigenvalue weighted by Crippen LogP contribution is -2.32. The van der Waals surface area contributed by atoms with Crippen molar-refractivity contribution in [1.29, 1.82) is 0 Å². The summed E-state index contributed by atoms with van der Waals surface area (Å²) in [7, 11) is 0. The van der Waals surface area contributed by atoms with Crippen LogP contribution in [0.3, 0.4) is 0 Å². The fraction of sp³-hybridized carbons (Fsp3) is 0.800. The molecule has 0 heterocycles. The standard InChI is InChI=1S/C10H15O/c11-10-7-3-5-8-4-1-2-6-9(8)10/h1-2,8-10H,3-7H2. The average Bonchev–Trinajstić information content (AvgIpc) is 2.06. The minimum Gasteiger partial charge on any atom is -0.233 e. The van der Waals surface area contributed by atoms with Crippen LogP contribution in [0.2, 0.25) is 0 Å². The molecule has 1 saturated carbocycles. The number of allylic oxidation sites excluding steroid dienone is 2. The van der Waals surface area contributed by atoms with E-state index >= 15 is 0 Å². The van der Waals surface area contributed by atoms with Gasteiger partial charge in [0.05, 0.1) is 6.10 Å². The van der Waals surface area contributed by atoms with E-state index < -0.39 is 0 Å². The van der Waals surface area contributed by atoms with E-state index in [4.69, 9.17) is 0 Å². The molecule has 0 aromatic carbocycles. The smallest absolute Gasteiger partial charge is 0.0963 e. The quantitative estimate of drug-likeness (QED) is 0.474. The summed E-state index contributed by atoms with van der Waals surface area (Å²) in [6.07, 6.45) is 9.81. The van der Waals surface area contributed by atoms with Gasteiger partial charge in [0.2, 0.25) is 0 Å². The molecule has 1 radical (unpaired) electrons. The van der Waals surface area contributed by atoms with E-state index in [2.05, 4.69) is 12.2 Å². The maximum Gasteiger partial charge on any atom is 0.0963 e. The Morgan fingerprint density at radius 2 is 1.91 bits per heavy atom. The van der Waals surface area contributed by atoms with Crippen LogP contribution in [0.1, 0.15) is 32.1 Å². The fourth-order valence-electron chi connectivity index (χ4n) is 2.47. The molecular formula is C10H15O. The Balaban J connectivity index is 2.07. The van der Waals surface area contributed by atoms with E-state index in [0.29, 0.717) is 5.92 Å². The molecule has 2 rings (SSSR count). The highest BCUT2D eigenvalue weighted by atomic mass is 16.3. The largest absolute Gasteiger partial charge is 0.233 e. The van der Waals surface area contributed by atoms with Crippen molar-refractivity contribution in [1.82, 2.24) is 0 Å². The Morgan fingerprint density at radius 3 is 2.73 bits per heavy atom. The van der Waals surface area contributed by atoms with Crippen LogP contribution in [0.15, 0.2) is 12.2 Å². The first kappa shape index (κ1) is 7.35. The van der Waals surface area contributed by atoms with Crippen LogP contribution in [0.4, 0.5) is 0 Å². The van der Waals surface area contributed by atoms with Crippen molar-refractivity contribution in [2.24, 2.45) is 11.8 Å². The zero-order valence-electron chi connectivity index (χ0n) is 6.83. The molecule has 1 fully saturated rings. The Morgan fingerprint density at radius 1 is 1.09 bits per heavy atom. The first-order valence-corrected chi connectivity index (χ1v) is 4.69. The monoisotopic (exact) mass is 151 g/mol. The van der Waals surface area contributed by atoms with Crippen molar-refractivity contribution in [2.45, 2.75) is 38.2 Å². The highest BCUT2D eigenvalue weighted by Gasteiger charge is 2.32. The van der Waals surface area contributed by atoms with Crippen molar-refractivity contribution in [3.05, 3.63) is 12.2 Å². The highest BCUT2D eigenvalue weighted by Crippen LogP contribution is 2.37. The van der Waals surface area contributed by atoms with Gasteiger partial charge in [0.15, 0.2) is 0 Å². The molecular weight excluding hydrogens is 136 g/mol. The van der Waals surface area contributed by atoms with Crippen LogP contribution in [-0.4, -0.2) is 6.10 Å². The Kier molecular flexibility index (Phi) is 1.99. The summed E-state index contributed by atoms with van der Waals surface area (Å²) in [6, 6.07) is 0. The van der Waals surface area contributed by atoms with Crippen LogP contribution in [0.25, 0.3) is 0 Å². The van der Waals surface area contributed by atoms with Crippen molar-refractivity contribution < 1.29 is 5.11 Å². The van der Waals surface area contributed by atoms with Crippen molar-refractivity contribution in [3.8, 4) is 0 Å². The Labute approximate surface area is 68.1 Å². The molecule has 0 bridgehead atoms. The van der Waals surface area contributed by atoms with E-state index in [1.54, 1.807) is 0 Å². The molecule has 2 aliphatic carbocycles. The van der Waals surface area contributed by atoms with Gasteiger partial charge >= 0.3 is 0 Å². The minimum absolute atomic E-state index is 0.251. The van der Waals surface area contributed by atoms with Gasteiger partial charge in [0, 0.05) is 0 Å². The van der Waals surface area contributed by atoms with Crippen LogP contribution >= 0.6 is 0 Å². The van der Waals surface area contributed by atoms with Gasteiger partial charge in [-0.15, -0.1) is 0 Å². The molecule has 0 spiro atoms. The normalized spacial score (nSPS) is 43.5. The lowest BCUT2D eigenvalue weighted by Gasteiger charge is -2.35. The highest BCUT2D eigenvalue weighted by molar-refractivity contribution is 4.98. The second-order valence-corrected chi connectivity index (χ2v) is 3.84. The van der Waals surface area contributed by atoms with Gasteiger partial charge in [-0.25, -0.2) is 5.11 Å². The molecule has 1 nitrogen and oxygen atoms in total. The number of rotatable bonds is 0. The molecule has 3 atom stereocenters. The maximum absolute atomic E-state index is 11.5. The first-order chi connectivity index (χ1) is 5.38. The van der Waals surface area contributed by atoms with E-state index in [1.165, 1.54) is 19.3 Å². The lowest BCUT2D eigenvalue weighted by atomic mass is 9.72. The Hall–Kier alpha value is -0.300. The number of fused-ring (bicyclic) bond motifs is 1. The molecule has 0 aliphatic heterocycles. The van der Waals surface area contributed by atoms with Crippen LogP contribution in [0.5, 0.6) is 0 Å². The molecule has 0 saturated heterocycles. The summed E-state index contributed by atoms with van der Waals surface area (Å²) in [4.78, 5) is 0. The van der Waals surface area contributed by atoms with Gasteiger partial charge in [-0.3, -0.25) is 0 Å². The SMILES string of the molecule is [O]C1CCCC2CC=CCC12. The van der Waals surface area contributed by atoms with E-state index in [9.17, 15) is 5.11 Å². The first-order valence-electron chi connectivity index (χ1n) is 4.69. The van der Waals surface area contributed by atoms with E-state index in [0.717, 1.165) is 18.8 Å². The van der Waals surface area contributed by atoms with Gasteiger partial charge in [-0.2, -0.15) is 0 Å². The third-order valence-electron chi connectivity index (χ3n) is 3.16. The maximum atomic E-state index is 11.5. The molecule has 1 heteroatoms. The zero-order chi connectivity index (χ0) is 7.68. The van der Waals surface area contributed by atoms with Crippen LogP contribution in [0, 0.1) is 11.8 Å². The minimum atomic E-state index is -0.251. The molecule has 3 unspecified atom stereocenters. The van der Waals surface area contributed by atoms with Crippen LogP contribution < -0.4 is 0 Å². The molecule has 61 valence electrons. The summed E-state index contributed by atoms with van der Waals surface area (Å²) in [5.41, 5.74) is 0. The third kappa shape index (κ3) is 1.34. The summed E-state index contributed by atoms with van der Waals surface area (Å²) in [5.74, 6) is 1.21. The molecule has 0 N–H and O–H groups in total. The van der Waals surface area contributed by atoms with E-state index in [1.807, 2.05) is 0 Å². The fourth-order valence-corrected chi connectivity index (χ4v) is 2.47. The van der Waals surface area contributed by atoms with Gasteiger partial charge in [-0.05, 0) is 37.5 Å². The Bertz CT molecular complexity index is 162. The predicted molar refractivity (Wildman–Crippen MR) is 43.7 cm³/mol. The molecule has 0 aromatic rings. The molecule has 0 amide bonds. The zero-order valence-corrected chi connectivity index (χ0v) is 6.83. The lowest BCUT2D eigenvalue weighted by molar-refractivity contribution is -0.0197. The molecule has 0 aromatic heterocycles. The summed E-state index contributed by atoms with van der Waals surface area (Å²) < 4.78 is 0. The van der Waals surface area contributed by atoms with Gasteiger partial charge < -0.3 is 0 Å². The summed E-state index contributed by atoms with van der Waals surface area (Å²) >= 11 is 0. The number of hydrogen-bond acceptors (Lipinski definition) is 0. The van der Waals surface area contributed by atoms with Crippen molar-refractivity contribution in [3.63, 3.8) is 0 Å². The third-order valence-corrected chi connectivity index (χ3v) is 3.16. The van der Waals surface area contributed by atoms with Gasteiger partial charge in [-0.1, -0.05) is 18.6 Å². The number of hydrogen-bond donors (Lipinski definition) is 0. The second kappa shape index (κ2) is 2.98. The van der Waals surface area contributed by atoms with E-state index in [-0.39, 0.29) is 6.10 Å². The molecule has 11 heavy (non-hydrogen) atoms. The van der Waals surface area contributed by atoms with Crippen molar-refractivity contribution >= 4 is 0 Å². The summed E-state index contributed by atoms with van der Waals surface area (Å²) in [5, 5.41) is 11.5. The second-order valence-electron chi connectivity index (χ2n) is 3.84. The summed E-state index contributed by atoms with van der Waals surface area (Å²) in [6.45, 7) is 0. The molecule has 2 aliphatic rings. The predicted octanol–water partition coefficient (Wildman–Crippen LogP) is 2.55. The van der Waals surface area contributed by atoms with Crippen LogP contribution in [-0.2, 0) is 5.11 Å². The average molecular weight is 151 g/mol. The van der Waals surface area contributed by atoms with Gasteiger partial charge in [0.1, 0.15) is 0 Å². The topological polar surface area (TPSA) is 19.9 Å².